The lowest BCUT2D eigenvalue weighted by Crippen LogP contribution is -2.33. The van der Waals surface area contributed by atoms with Crippen LogP contribution in [-0.4, -0.2) is 39.3 Å². The smallest absolute Gasteiger partial charge is 0.257 e. The topological polar surface area (TPSA) is 59.6 Å². The molecule has 0 aliphatic rings. The second kappa shape index (κ2) is 10.5. The standard InChI is InChI=1S/C13H20N2O3.ClH/c1-3-17-11-4-6-12(7-5-11)18-10-13(16)15-9-8-14-2;/h4-7,14H,3,8-10H2,1-2H3,(H,15,16);1H. The zero-order chi connectivity index (χ0) is 13.2. The highest BCUT2D eigenvalue weighted by Crippen LogP contribution is 2.17. The molecule has 0 aromatic heterocycles. The summed E-state index contributed by atoms with van der Waals surface area (Å²) in [6.07, 6.45) is 0. The number of hydrogen-bond donors (Lipinski definition) is 2. The second-order valence-electron chi connectivity index (χ2n) is 3.65. The van der Waals surface area contributed by atoms with Crippen molar-refractivity contribution in [3.05, 3.63) is 24.3 Å². The largest absolute Gasteiger partial charge is 0.494 e. The maximum atomic E-state index is 11.4. The highest BCUT2D eigenvalue weighted by Gasteiger charge is 2.02. The van der Waals surface area contributed by atoms with E-state index >= 15 is 0 Å². The van der Waals surface area contributed by atoms with Crippen molar-refractivity contribution in [1.29, 1.82) is 0 Å². The molecular formula is C13H21ClN2O3. The first-order valence-electron chi connectivity index (χ1n) is 6.03. The van der Waals surface area contributed by atoms with Gasteiger partial charge < -0.3 is 20.1 Å². The SMILES string of the molecule is CCOc1ccc(OCC(=O)NCCNC)cc1.Cl. The molecular weight excluding hydrogens is 268 g/mol. The fourth-order valence-corrected chi connectivity index (χ4v) is 1.33. The molecule has 1 aromatic carbocycles. The van der Waals surface area contributed by atoms with Crippen molar-refractivity contribution in [1.82, 2.24) is 10.6 Å². The van der Waals surface area contributed by atoms with Gasteiger partial charge in [-0.15, -0.1) is 12.4 Å². The van der Waals surface area contributed by atoms with Crippen molar-refractivity contribution in [3.63, 3.8) is 0 Å². The van der Waals surface area contributed by atoms with Gasteiger partial charge in [0.1, 0.15) is 11.5 Å². The molecule has 1 aromatic rings. The van der Waals surface area contributed by atoms with Gasteiger partial charge in [0.15, 0.2) is 6.61 Å². The molecule has 0 fully saturated rings. The molecule has 0 atom stereocenters. The lowest BCUT2D eigenvalue weighted by Gasteiger charge is -2.08. The van der Waals surface area contributed by atoms with Gasteiger partial charge in [-0.1, -0.05) is 0 Å². The molecule has 6 heteroatoms. The van der Waals surface area contributed by atoms with Crippen molar-refractivity contribution >= 4 is 18.3 Å². The van der Waals surface area contributed by atoms with Crippen LogP contribution in [-0.2, 0) is 4.79 Å². The molecule has 0 heterocycles. The maximum Gasteiger partial charge on any atom is 0.257 e. The zero-order valence-electron chi connectivity index (χ0n) is 11.3. The second-order valence-corrected chi connectivity index (χ2v) is 3.65. The minimum absolute atomic E-state index is 0. The van der Waals surface area contributed by atoms with E-state index in [1.165, 1.54) is 0 Å². The Labute approximate surface area is 120 Å². The number of carbonyl (C=O) groups excluding carboxylic acids is 1. The van der Waals surface area contributed by atoms with E-state index in [9.17, 15) is 4.79 Å². The van der Waals surface area contributed by atoms with Gasteiger partial charge in [-0.3, -0.25) is 4.79 Å². The van der Waals surface area contributed by atoms with E-state index in [4.69, 9.17) is 9.47 Å². The summed E-state index contributed by atoms with van der Waals surface area (Å²) in [7, 11) is 1.84. The van der Waals surface area contributed by atoms with Crippen LogP contribution < -0.4 is 20.1 Å². The van der Waals surface area contributed by atoms with E-state index < -0.39 is 0 Å². The summed E-state index contributed by atoms with van der Waals surface area (Å²) in [4.78, 5) is 11.4. The van der Waals surface area contributed by atoms with Crippen molar-refractivity contribution in [3.8, 4) is 11.5 Å². The lowest BCUT2D eigenvalue weighted by molar-refractivity contribution is -0.123. The molecule has 108 valence electrons. The first-order chi connectivity index (χ1) is 8.76. The van der Waals surface area contributed by atoms with E-state index in [1.807, 2.05) is 26.1 Å². The van der Waals surface area contributed by atoms with Gasteiger partial charge in [0, 0.05) is 13.1 Å². The van der Waals surface area contributed by atoms with Crippen LogP contribution in [0.4, 0.5) is 0 Å². The Morgan fingerprint density at radius 2 is 1.68 bits per heavy atom. The van der Waals surface area contributed by atoms with Gasteiger partial charge in [0.05, 0.1) is 6.61 Å². The van der Waals surface area contributed by atoms with Crippen LogP contribution in [0.25, 0.3) is 0 Å². The average Bonchev–Trinajstić information content (AvgIpc) is 2.39. The Kier molecular flexibility index (Phi) is 9.66. The van der Waals surface area contributed by atoms with E-state index in [0.717, 1.165) is 12.3 Å². The van der Waals surface area contributed by atoms with Gasteiger partial charge in [-0.05, 0) is 38.2 Å². The molecule has 0 bridgehead atoms. The van der Waals surface area contributed by atoms with Crippen molar-refractivity contribution in [2.24, 2.45) is 0 Å². The number of nitrogens with one attached hydrogen (secondary N) is 2. The summed E-state index contributed by atoms with van der Waals surface area (Å²) in [6, 6.07) is 7.20. The Morgan fingerprint density at radius 1 is 1.11 bits per heavy atom. The number of hydrogen-bond acceptors (Lipinski definition) is 4. The molecule has 1 rings (SSSR count). The van der Waals surface area contributed by atoms with Gasteiger partial charge in [-0.25, -0.2) is 0 Å². The summed E-state index contributed by atoms with van der Waals surface area (Å²) in [6.45, 7) is 3.93. The van der Waals surface area contributed by atoms with Crippen LogP contribution in [0, 0.1) is 0 Å². The van der Waals surface area contributed by atoms with E-state index in [2.05, 4.69) is 10.6 Å². The minimum Gasteiger partial charge on any atom is -0.494 e. The summed E-state index contributed by atoms with van der Waals surface area (Å²) in [5, 5.41) is 5.68. The first-order valence-corrected chi connectivity index (χ1v) is 6.03. The van der Waals surface area contributed by atoms with Crippen LogP contribution in [0.15, 0.2) is 24.3 Å². The minimum atomic E-state index is -0.126. The summed E-state index contributed by atoms with van der Waals surface area (Å²) in [5.74, 6) is 1.32. The van der Waals surface area contributed by atoms with Gasteiger partial charge in [-0.2, -0.15) is 0 Å². The predicted molar refractivity (Wildman–Crippen MR) is 77.3 cm³/mol. The normalized spacial score (nSPS) is 9.37. The third-order valence-corrected chi connectivity index (χ3v) is 2.20. The summed E-state index contributed by atoms with van der Waals surface area (Å²) >= 11 is 0. The van der Waals surface area contributed by atoms with Crippen molar-refractivity contribution in [2.75, 3.05) is 33.4 Å². The fraction of sp³-hybridized carbons (Fsp3) is 0.462. The number of rotatable bonds is 8. The van der Waals surface area contributed by atoms with Gasteiger partial charge >= 0.3 is 0 Å². The average molecular weight is 289 g/mol. The monoisotopic (exact) mass is 288 g/mol. The molecule has 0 unspecified atom stereocenters. The number of benzene rings is 1. The van der Waals surface area contributed by atoms with Crippen LogP contribution in [0.5, 0.6) is 11.5 Å². The quantitative estimate of drug-likeness (QED) is 0.706. The highest BCUT2D eigenvalue weighted by atomic mass is 35.5. The van der Waals surface area contributed by atoms with E-state index in [0.29, 0.717) is 18.9 Å². The van der Waals surface area contributed by atoms with Crippen LogP contribution in [0.2, 0.25) is 0 Å². The number of ether oxygens (including phenoxy) is 2. The molecule has 1 amide bonds. The zero-order valence-corrected chi connectivity index (χ0v) is 12.1. The van der Waals surface area contributed by atoms with E-state index in [-0.39, 0.29) is 24.9 Å². The Morgan fingerprint density at radius 3 is 2.21 bits per heavy atom. The fourth-order valence-electron chi connectivity index (χ4n) is 1.33. The lowest BCUT2D eigenvalue weighted by atomic mass is 10.3. The molecule has 2 N–H and O–H groups in total. The molecule has 0 aliphatic carbocycles. The van der Waals surface area contributed by atoms with Crippen molar-refractivity contribution < 1.29 is 14.3 Å². The molecule has 5 nitrogen and oxygen atoms in total. The van der Waals surface area contributed by atoms with Crippen LogP contribution in [0.1, 0.15) is 6.92 Å². The Bertz CT molecular complexity index is 357. The molecule has 0 radical (unpaired) electrons. The van der Waals surface area contributed by atoms with Crippen LogP contribution in [0.3, 0.4) is 0 Å². The molecule has 0 saturated heterocycles. The first kappa shape index (κ1) is 17.5. The Hall–Kier alpha value is -1.46. The van der Waals surface area contributed by atoms with Gasteiger partial charge in [0.25, 0.3) is 5.91 Å². The Balaban J connectivity index is 0.00000324. The van der Waals surface area contributed by atoms with Crippen molar-refractivity contribution in [2.45, 2.75) is 6.92 Å². The number of likely N-dealkylation sites (N-methyl/N-ethyl adjacent to an activating group) is 1. The van der Waals surface area contributed by atoms with Gasteiger partial charge in [0.2, 0.25) is 0 Å². The third-order valence-electron chi connectivity index (χ3n) is 2.20. The summed E-state index contributed by atoms with van der Waals surface area (Å²) < 4.78 is 10.7. The molecule has 0 aliphatic heterocycles. The van der Waals surface area contributed by atoms with Crippen LogP contribution >= 0.6 is 12.4 Å². The number of amides is 1. The third kappa shape index (κ3) is 7.54. The number of carbonyl (C=O) groups is 1. The number of halogens is 1. The molecule has 0 saturated carbocycles. The predicted octanol–water partition coefficient (Wildman–Crippen LogP) is 1.22. The van der Waals surface area contributed by atoms with E-state index in [1.54, 1.807) is 12.1 Å². The molecule has 19 heavy (non-hydrogen) atoms. The summed E-state index contributed by atoms with van der Waals surface area (Å²) in [5.41, 5.74) is 0. The maximum absolute atomic E-state index is 11.4. The molecule has 0 spiro atoms. The highest BCUT2D eigenvalue weighted by molar-refractivity contribution is 5.85.